The van der Waals surface area contributed by atoms with Crippen LogP contribution in [0.2, 0.25) is 0 Å². The summed E-state index contributed by atoms with van der Waals surface area (Å²) in [4.78, 5) is 0. The zero-order chi connectivity index (χ0) is 11.2. The Bertz CT molecular complexity index is 277. The van der Waals surface area contributed by atoms with E-state index < -0.39 is 0 Å². The number of aryl methyl sites for hydroxylation is 1. The number of hydrogen-bond donors (Lipinski definition) is 1. The summed E-state index contributed by atoms with van der Waals surface area (Å²) in [6, 6.07) is 4.72. The Morgan fingerprint density at radius 2 is 2.31 bits per heavy atom. The molecule has 0 radical (unpaired) electrons. The van der Waals surface area contributed by atoms with E-state index in [0.717, 1.165) is 24.6 Å². The van der Waals surface area contributed by atoms with Gasteiger partial charge in [0.15, 0.2) is 0 Å². The summed E-state index contributed by atoms with van der Waals surface area (Å²) in [6.45, 7) is 3.27. The molecule has 0 bridgehead atoms. The van der Waals surface area contributed by atoms with Crippen LogP contribution in [0.25, 0.3) is 0 Å². The van der Waals surface area contributed by atoms with Gasteiger partial charge in [-0.1, -0.05) is 19.8 Å². The summed E-state index contributed by atoms with van der Waals surface area (Å²) in [5, 5.41) is 3.59. The summed E-state index contributed by atoms with van der Waals surface area (Å²) < 4.78 is 5.37. The highest BCUT2D eigenvalue weighted by Crippen LogP contribution is 2.34. The molecule has 1 aliphatic carbocycles. The standard InChI is InChI=1S/C14H23NO/c1-2-15-13(8-7-12-5-6-12)9-10-14-4-3-11-16-14/h3-4,11-13,15H,2,5-10H2,1H3. The smallest absolute Gasteiger partial charge is 0.103 e. The summed E-state index contributed by atoms with van der Waals surface area (Å²) in [7, 11) is 0. The zero-order valence-electron chi connectivity index (χ0n) is 10.2. The van der Waals surface area contributed by atoms with E-state index >= 15 is 0 Å². The van der Waals surface area contributed by atoms with Crippen molar-refractivity contribution in [2.24, 2.45) is 5.92 Å². The second-order valence-corrected chi connectivity index (χ2v) is 4.89. The molecule has 1 aromatic rings. The van der Waals surface area contributed by atoms with Crippen molar-refractivity contribution in [2.75, 3.05) is 6.54 Å². The Morgan fingerprint density at radius 3 is 2.94 bits per heavy atom. The maximum absolute atomic E-state index is 5.37. The lowest BCUT2D eigenvalue weighted by molar-refractivity contribution is 0.417. The van der Waals surface area contributed by atoms with Gasteiger partial charge in [0.25, 0.3) is 0 Å². The van der Waals surface area contributed by atoms with Gasteiger partial charge < -0.3 is 9.73 Å². The summed E-state index contributed by atoms with van der Waals surface area (Å²) in [6.07, 6.45) is 9.72. The van der Waals surface area contributed by atoms with E-state index in [1.165, 1.54) is 32.1 Å². The first kappa shape index (κ1) is 11.7. The van der Waals surface area contributed by atoms with E-state index in [4.69, 9.17) is 4.42 Å². The molecule has 2 nitrogen and oxygen atoms in total. The highest BCUT2D eigenvalue weighted by Gasteiger charge is 2.22. The van der Waals surface area contributed by atoms with Gasteiger partial charge >= 0.3 is 0 Å². The summed E-state index contributed by atoms with van der Waals surface area (Å²) in [5.41, 5.74) is 0. The molecule has 1 aromatic heterocycles. The molecule has 0 saturated heterocycles. The van der Waals surface area contributed by atoms with Crippen LogP contribution in [0.1, 0.15) is 44.8 Å². The van der Waals surface area contributed by atoms with Crippen molar-refractivity contribution in [3.8, 4) is 0 Å². The van der Waals surface area contributed by atoms with Crippen molar-refractivity contribution >= 4 is 0 Å². The maximum Gasteiger partial charge on any atom is 0.103 e. The van der Waals surface area contributed by atoms with E-state index in [9.17, 15) is 0 Å². The van der Waals surface area contributed by atoms with E-state index in [-0.39, 0.29) is 0 Å². The minimum Gasteiger partial charge on any atom is -0.469 e. The Kier molecular flexibility index (Phi) is 4.46. The Balaban J connectivity index is 1.68. The van der Waals surface area contributed by atoms with Crippen LogP contribution in [-0.4, -0.2) is 12.6 Å². The quantitative estimate of drug-likeness (QED) is 0.728. The van der Waals surface area contributed by atoms with Gasteiger partial charge in [-0.25, -0.2) is 0 Å². The number of rotatable bonds is 8. The highest BCUT2D eigenvalue weighted by molar-refractivity contribution is 4.98. The predicted molar refractivity (Wildman–Crippen MR) is 66.5 cm³/mol. The average Bonchev–Trinajstić information content (AvgIpc) is 2.97. The molecular weight excluding hydrogens is 198 g/mol. The molecule has 1 heterocycles. The molecule has 0 aliphatic heterocycles. The lowest BCUT2D eigenvalue weighted by Gasteiger charge is -2.17. The fraction of sp³-hybridized carbons (Fsp3) is 0.714. The molecule has 1 atom stereocenters. The molecule has 2 heteroatoms. The Labute approximate surface area is 98.4 Å². The van der Waals surface area contributed by atoms with Gasteiger partial charge in [0.1, 0.15) is 5.76 Å². The van der Waals surface area contributed by atoms with Crippen LogP contribution in [0.3, 0.4) is 0 Å². The van der Waals surface area contributed by atoms with Crippen LogP contribution < -0.4 is 5.32 Å². The largest absolute Gasteiger partial charge is 0.469 e. The van der Waals surface area contributed by atoms with Crippen LogP contribution in [0.5, 0.6) is 0 Å². The molecule has 1 N–H and O–H groups in total. The Hall–Kier alpha value is -0.760. The molecule has 90 valence electrons. The second-order valence-electron chi connectivity index (χ2n) is 4.89. The van der Waals surface area contributed by atoms with E-state index in [1.807, 2.05) is 6.07 Å². The van der Waals surface area contributed by atoms with Crippen molar-refractivity contribution in [1.82, 2.24) is 5.32 Å². The molecule has 0 amide bonds. The van der Waals surface area contributed by atoms with Gasteiger partial charge in [-0.2, -0.15) is 0 Å². The van der Waals surface area contributed by atoms with Crippen LogP contribution in [0, 0.1) is 5.92 Å². The highest BCUT2D eigenvalue weighted by atomic mass is 16.3. The molecule has 2 rings (SSSR count). The summed E-state index contributed by atoms with van der Waals surface area (Å²) >= 11 is 0. The van der Waals surface area contributed by atoms with Gasteiger partial charge in [0, 0.05) is 12.5 Å². The van der Waals surface area contributed by atoms with Gasteiger partial charge in [-0.15, -0.1) is 0 Å². The first-order chi connectivity index (χ1) is 7.88. The van der Waals surface area contributed by atoms with Gasteiger partial charge in [0.05, 0.1) is 6.26 Å². The molecule has 1 fully saturated rings. The monoisotopic (exact) mass is 221 g/mol. The first-order valence-electron chi connectivity index (χ1n) is 6.64. The van der Waals surface area contributed by atoms with Crippen LogP contribution in [0.4, 0.5) is 0 Å². The number of furan rings is 1. The SMILES string of the molecule is CCNC(CCc1ccco1)CCC1CC1. The predicted octanol–water partition coefficient (Wildman–Crippen LogP) is 3.38. The fourth-order valence-electron chi connectivity index (χ4n) is 2.25. The van der Waals surface area contributed by atoms with Crippen molar-refractivity contribution in [3.05, 3.63) is 24.2 Å². The lowest BCUT2D eigenvalue weighted by atomic mass is 10.0. The third-order valence-corrected chi connectivity index (χ3v) is 3.43. The van der Waals surface area contributed by atoms with Crippen molar-refractivity contribution in [1.29, 1.82) is 0 Å². The normalized spacial score (nSPS) is 17.6. The van der Waals surface area contributed by atoms with Crippen LogP contribution in [0.15, 0.2) is 22.8 Å². The third kappa shape index (κ3) is 4.01. The maximum atomic E-state index is 5.37. The van der Waals surface area contributed by atoms with Gasteiger partial charge in [-0.3, -0.25) is 0 Å². The van der Waals surface area contributed by atoms with E-state index in [1.54, 1.807) is 6.26 Å². The molecule has 1 saturated carbocycles. The topological polar surface area (TPSA) is 25.2 Å². The Morgan fingerprint density at radius 1 is 1.44 bits per heavy atom. The van der Waals surface area contributed by atoms with Crippen molar-refractivity contribution in [2.45, 2.75) is 51.5 Å². The number of hydrogen-bond acceptors (Lipinski definition) is 2. The van der Waals surface area contributed by atoms with Crippen molar-refractivity contribution < 1.29 is 4.42 Å². The minimum atomic E-state index is 0.677. The zero-order valence-corrected chi connectivity index (χ0v) is 10.2. The molecular formula is C14H23NO. The molecule has 1 unspecified atom stereocenters. The molecule has 16 heavy (non-hydrogen) atoms. The second kappa shape index (κ2) is 6.09. The van der Waals surface area contributed by atoms with E-state index in [2.05, 4.69) is 18.3 Å². The first-order valence-corrected chi connectivity index (χ1v) is 6.64. The average molecular weight is 221 g/mol. The van der Waals surface area contributed by atoms with Gasteiger partial charge in [0.2, 0.25) is 0 Å². The fourth-order valence-corrected chi connectivity index (χ4v) is 2.25. The van der Waals surface area contributed by atoms with E-state index in [0.29, 0.717) is 6.04 Å². The molecule has 1 aliphatic rings. The van der Waals surface area contributed by atoms with Crippen LogP contribution in [-0.2, 0) is 6.42 Å². The van der Waals surface area contributed by atoms with Gasteiger partial charge in [-0.05, 0) is 43.9 Å². The minimum absolute atomic E-state index is 0.677. The van der Waals surface area contributed by atoms with Crippen molar-refractivity contribution in [3.63, 3.8) is 0 Å². The number of nitrogens with one attached hydrogen (secondary N) is 1. The van der Waals surface area contributed by atoms with Crippen LogP contribution >= 0.6 is 0 Å². The summed E-state index contributed by atoms with van der Waals surface area (Å²) in [5.74, 6) is 2.17. The third-order valence-electron chi connectivity index (χ3n) is 3.43. The lowest BCUT2D eigenvalue weighted by Crippen LogP contribution is -2.29. The molecule has 0 spiro atoms. The molecule has 0 aromatic carbocycles.